The van der Waals surface area contributed by atoms with E-state index in [1.54, 1.807) is 6.07 Å². The number of hydrogen-bond acceptors (Lipinski definition) is 4. The molecule has 2 nitrogen and oxygen atoms in total. The minimum atomic E-state index is -3.13. The molecule has 0 aliphatic heterocycles. The second kappa shape index (κ2) is 6.28. The molecule has 0 spiro atoms. The third kappa shape index (κ3) is 3.97. The zero-order valence-electron chi connectivity index (χ0n) is 9.78. The minimum Gasteiger partial charge on any atom is -0.390 e. The van der Waals surface area contributed by atoms with E-state index in [9.17, 15) is 8.78 Å². The number of aliphatic hydroxyl groups is 1. The van der Waals surface area contributed by atoms with Gasteiger partial charge in [0.1, 0.15) is 6.61 Å². The van der Waals surface area contributed by atoms with Crippen LogP contribution in [-0.2, 0) is 0 Å². The Morgan fingerprint density at radius 2 is 2.11 bits per heavy atom. The average molecular weight is 324 g/mol. The van der Waals surface area contributed by atoms with Crippen LogP contribution in [-0.4, -0.2) is 24.2 Å². The van der Waals surface area contributed by atoms with E-state index in [2.05, 4.69) is 5.32 Å². The Hall–Kier alpha value is -0.530. The van der Waals surface area contributed by atoms with Gasteiger partial charge >= 0.3 is 0 Å². The zero-order valence-corrected chi connectivity index (χ0v) is 12.2. The van der Waals surface area contributed by atoms with Crippen LogP contribution < -0.4 is 5.32 Å². The van der Waals surface area contributed by atoms with Crippen LogP contribution in [0.5, 0.6) is 0 Å². The molecule has 2 aromatic heterocycles. The predicted octanol–water partition coefficient (Wildman–Crippen LogP) is 3.77. The Morgan fingerprint density at radius 3 is 2.63 bits per heavy atom. The molecule has 0 radical (unpaired) electrons. The maximum absolute atomic E-state index is 13.1. The molecular formula is C12H12ClF2NOS2. The molecule has 0 aliphatic carbocycles. The van der Waals surface area contributed by atoms with Gasteiger partial charge in [-0.15, -0.1) is 22.7 Å². The number of nitrogens with one attached hydrogen (secondary N) is 1. The van der Waals surface area contributed by atoms with Crippen molar-refractivity contribution in [2.75, 3.05) is 13.2 Å². The maximum atomic E-state index is 13.1. The molecule has 0 aromatic carbocycles. The SMILES string of the molecule is OCC(F)(F)CNC(c1cccs1)c1ccc(Cl)s1. The van der Waals surface area contributed by atoms with Crippen LogP contribution >= 0.6 is 34.3 Å². The summed E-state index contributed by atoms with van der Waals surface area (Å²) in [5.74, 6) is -3.13. The first kappa shape index (κ1) is 14.9. The number of alkyl halides is 2. The van der Waals surface area contributed by atoms with Gasteiger partial charge in [-0.2, -0.15) is 0 Å². The van der Waals surface area contributed by atoms with Crippen molar-refractivity contribution in [3.63, 3.8) is 0 Å². The molecule has 0 aliphatic rings. The summed E-state index contributed by atoms with van der Waals surface area (Å²) in [4.78, 5) is 1.81. The van der Waals surface area contributed by atoms with Gasteiger partial charge in [0, 0.05) is 9.75 Å². The van der Waals surface area contributed by atoms with Gasteiger partial charge in [-0.25, -0.2) is 8.78 Å². The molecule has 2 N–H and O–H groups in total. The second-order valence-corrected chi connectivity index (χ2v) is 6.71. The number of hydrogen-bond donors (Lipinski definition) is 2. The molecule has 0 fully saturated rings. The lowest BCUT2D eigenvalue weighted by Gasteiger charge is -2.20. The molecule has 7 heteroatoms. The first-order valence-electron chi connectivity index (χ1n) is 5.52. The van der Waals surface area contributed by atoms with Crippen LogP contribution in [0.15, 0.2) is 29.6 Å². The summed E-state index contributed by atoms with van der Waals surface area (Å²) in [6.07, 6.45) is 0. The van der Waals surface area contributed by atoms with E-state index in [0.29, 0.717) is 4.34 Å². The summed E-state index contributed by atoms with van der Waals surface area (Å²) in [7, 11) is 0. The molecule has 1 atom stereocenters. The van der Waals surface area contributed by atoms with Crippen molar-refractivity contribution in [2.24, 2.45) is 0 Å². The lowest BCUT2D eigenvalue weighted by atomic mass is 10.2. The highest BCUT2D eigenvalue weighted by Crippen LogP contribution is 2.33. The fourth-order valence-corrected chi connectivity index (χ4v) is 3.64. The fraction of sp³-hybridized carbons (Fsp3) is 0.333. The summed E-state index contributed by atoms with van der Waals surface area (Å²) in [6.45, 7) is -1.75. The smallest absolute Gasteiger partial charge is 0.282 e. The van der Waals surface area contributed by atoms with Gasteiger partial charge < -0.3 is 5.11 Å². The first-order valence-corrected chi connectivity index (χ1v) is 7.60. The monoisotopic (exact) mass is 323 g/mol. The third-order valence-electron chi connectivity index (χ3n) is 2.50. The highest BCUT2D eigenvalue weighted by Gasteiger charge is 2.29. The van der Waals surface area contributed by atoms with Crippen molar-refractivity contribution in [1.29, 1.82) is 0 Å². The Bertz CT molecular complexity index is 516. The summed E-state index contributed by atoms with van der Waals surface area (Å²) in [6, 6.07) is 6.99. The number of aliphatic hydroxyl groups excluding tert-OH is 1. The lowest BCUT2D eigenvalue weighted by Crippen LogP contribution is -2.37. The standard InChI is InChI=1S/C12H12ClF2NOS2/c13-10-4-3-9(19-10)11(8-2-1-5-18-8)16-6-12(14,15)7-17/h1-5,11,16-17H,6-7H2. The highest BCUT2D eigenvalue weighted by molar-refractivity contribution is 7.16. The molecular weight excluding hydrogens is 312 g/mol. The summed E-state index contributed by atoms with van der Waals surface area (Å²) in [5.41, 5.74) is 0. The highest BCUT2D eigenvalue weighted by atomic mass is 35.5. The largest absolute Gasteiger partial charge is 0.390 e. The Kier molecular flexibility index (Phi) is 4.92. The number of thiophene rings is 2. The van der Waals surface area contributed by atoms with Gasteiger partial charge in [-0.3, -0.25) is 5.32 Å². The van der Waals surface area contributed by atoms with Crippen molar-refractivity contribution < 1.29 is 13.9 Å². The minimum absolute atomic E-state index is 0.324. The van der Waals surface area contributed by atoms with E-state index in [1.807, 2.05) is 23.6 Å². The normalized spacial score (nSPS) is 13.7. The predicted molar refractivity (Wildman–Crippen MR) is 75.5 cm³/mol. The van der Waals surface area contributed by atoms with Gasteiger partial charge in [0.05, 0.1) is 16.9 Å². The van der Waals surface area contributed by atoms with E-state index in [1.165, 1.54) is 22.7 Å². The quantitative estimate of drug-likeness (QED) is 0.848. The van der Waals surface area contributed by atoms with Crippen molar-refractivity contribution in [1.82, 2.24) is 5.32 Å². The molecule has 104 valence electrons. The average Bonchev–Trinajstić information content (AvgIpc) is 3.02. The van der Waals surface area contributed by atoms with Crippen LogP contribution in [0.4, 0.5) is 8.78 Å². The van der Waals surface area contributed by atoms with E-state index in [4.69, 9.17) is 16.7 Å². The molecule has 19 heavy (non-hydrogen) atoms. The van der Waals surface area contributed by atoms with Crippen LogP contribution in [0.3, 0.4) is 0 Å². The molecule has 2 heterocycles. The van der Waals surface area contributed by atoms with Crippen LogP contribution in [0.2, 0.25) is 4.34 Å². The number of rotatable bonds is 6. The molecule has 0 amide bonds. The molecule has 0 saturated carbocycles. The van der Waals surface area contributed by atoms with Gasteiger partial charge in [0.15, 0.2) is 0 Å². The molecule has 2 aromatic rings. The molecule has 0 saturated heterocycles. The van der Waals surface area contributed by atoms with Gasteiger partial charge in [0.2, 0.25) is 0 Å². The number of halogens is 3. The zero-order chi connectivity index (χ0) is 13.9. The van der Waals surface area contributed by atoms with E-state index < -0.39 is 19.1 Å². The molecule has 0 bridgehead atoms. The van der Waals surface area contributed by atoms with Crippen LogP contribution in [0, 0.1) is 0 Å². The van der Waals surface area contributed by atoms with Gasteiger partial charge in [-0.1, -0.05) is 17.7 Å². The summed E-state index contributed by atoms with van der Waals surface area (Å²) < 4.78 is 26.9. The van der Waals surface area contributed by atoms with E-state index >= 15 is 0 Å². The Labute approximate surface area is 122 Å². The summed E-state index contributed by atoms with van der Waals surface area (Å²) in [5, 5.41) is 13.3. The van der Waals surface area contributed by atoms with Gasteiger partial charge in [0.25, 0.3) is 5.92 Å². The van der Waals surface area contributed by atoms with Crippen LogP contribution in [0.1, 0.15) is 15.8 Å². The first-order chi connectivity index (χ1) is 9.02. The summed E-state index contributed by atoms with van der Waals surface area (Å²) >= 11 is 8.73. The van der Waals surface area contributed by atoms with Crippen molar-refractivity contribution in [3.8, 4) is 0 Å². The van der Waals surface area contributed by atoms with Crippen molar-refractivity contribution in [2.45, 2.75) is 12.0 Å². The van der Waals surface area contributed by atoms with Crippen molar-refractivity contribution >= 4 is 34.3 Å². The second-order valence-electron chi connectivity index (χ2n) is 3.99. The van der Waals surface area contributed by atoms with Crippen molar-refractivity contribution in [3.05, 3.63) is 43.7 Å². The fourth-order valence-electron chi connectivity index (χ4n) is 1.59. The Morgan fingerprint density at radius 1 is 1.32 bits per heavy atom. The topological polar surface area (TPSA) is 32.3 Å². The maximum Gasteiger partial charge on any atom is 0.282 e. The molecule has 2 rings (SSSR count). The van der Waals surface area contributed by atoms with E-state index in [-0.39, 0.29) is 6.04 Å². The van der Waals surface area contributed by atoms with Gasteiger partial charge in [-0.05, 0) is 23.6 Å². The van der Waals surface area contributed by atoms with E-state index in [0.717, 1.165) is 9.75 Å². The lowest BCUT2D eigenvalue weighted by molar-refractivity contribution is -0.0486. The Balaban J connectivity index is 2.16. The third-order valence-corrected chi connectivity index (χ3v) is 4.74. The van der Waals surface area contributed by atoms with Crippen LogP contribution in [0.25, 0.3) is 0 Å². The molecule has 1 unspecified atom stereocenters.